The van der Waals surface area contributed by atoms with Crippen molar-refractivity contribution in [2.24, 2.45) is 0 Å². The van der Waals surface area contributed by atoms with Gasteiger partial charge < -0.3 is 10.2 Å². The maximum Gasteiger partial charge on any atom is 0.236 e. The minimum absolute atomic E-state index is 0.0173. The monoisotopic (exact) mass is 239 g/mol. The summed E-state index contributed by atoms with van der Waals surface area (Å²) < 4.78 is 12.9. The van der Waals surface area contributed by atoms with Gasteiger partial charge in [0.15, 0.2) is 0 Å². The van der Waals surface area contributed by atoms with Crippen LogP contribution in [0.3, 0.4) is 0 Å². The van der Waals surface area contributed by atoms with Crippen molar-refractivity contribution in [1.82, 2.24) is 15.2 Å². The Morgan fingerprint density at radius 1 is 1.59 bits per heavy atom. The van der Waals surface area contributed by atoms with Crippen molar-refractivity contribution < 1.29 is 9.18 Å². The highest BCUT2D eigenvalue weighted by Gasteiger charge is 2.10. The molecule has 0 spiro atoms. The van der Waals surface area contributed by atoms with Crippen LogP contribution in [-0.4, -0.2) is 35.9 Å². The van der Waals surface area contributed by atoms with Crippen LogP contribution in [0.2, 0.25) is 0 Å². The number of hydrogen-bond acceptors (Lipinski definition) is 3. The van der Waals surface area contributed by atoms with Gasteiger partial charge in [0.25, 0.3) is 0 Å². The van der Waals surface area contributed by atoms with Crippen LogP contribution < -0.4 is 5.32 Å². The largest absolute Gasteiger partial charge is 0.345 e. The molecule has 1 N–H and O–H groups in total. The van der Waals surface area contributed by atoms with E-state index in [9.17, 15) is 9.18 Å². The summed E-state index contributed by atoms with van der Waals surface area (Å²) in [7, 11) is 1.75. The van der Waals surface area contributed by atoms with Gasteiger partial charge in [0, 0.05) is 25.8 Å². The molecule has 1 rings (SSSR count). The number of nitrogens with one attached hydrogen (secondary N) is 1. The molecule has 5 heteroatoms. The Morgan fingerprint density at radius 2 is 2.29 bits per heavy atom. The minimum atomic E-state index is -0.367. The highest BCUT2D eigenvalue weighted by molar-refractivity contribution is 5.77. The standard InChI is InChI=1S/C12H18FN3O/c1-4-16(3)12(17)8-15-9(2)10-5-11(13)7-14-6-10/h5-7,9,15H,4,8H2,1-3H3. The van der Waals surface area contributed by atoms with Crippen molar-refractivity contribution in [3.05, 3.63) is 29.8 Å². The summed E-state index contributed by atoms with van der Waals surface area (Å²) in [5.74, 6) is -0.350. The predicted octanol–water partition coefficient (Wildman–Crippen LogP) is 1.35. The van der Waals surface area contributed by atoms with Crippen LogP contribution in [0.25, 0.3) is 0 Å². The summed E-state index contributed by atoms with van der Waals surface area (Å²) in [6, 6.07) is 1.31. The van der Waals surface area contributed by atoms with Crippen molar-refractivity contribution in [2.75, 3.05) is 20.1 Å². The Hall–Kier alpha value is -1.49. The minimum Gasteiger partial charge on any atom is -0.345 e. The molecule has 0 radical (unpaired) electrons. The van der Waals surface area contributed by atoms with Crippen molar-refractivity contribution in [1.29, 1.82) is 0 Å². The van der Waals surface area contributed by atoms with Gasteiger partial charge in [-0.25, -0.2) is 4.39 Å². The van der Waals surface area contributed by atoms with Gasteiger partial charge in [0.2, 0.25) is 5.91 Å². The van der Waals surface area contributed by atoms with E-state index in [1.54, 1.807) is 18.1 Å². The number of halogens is 1. The zero-order valence-corrected chi connectivity index (χ0v) is 10.4. The molecule has 1 heterocycles. The van der Waals surface area contributed by atoms with Crippen LogP contribution >= 0.6 is 0 Å². The van der Waals surface area contributed by atoms with Crippen LogP contribution in [0.4, 0.5) is 4.39 Å². The number of carbonyl (C=O) groups excluding carboxylic acids is 1. The third-order valence-corrected chi connectivity index (χ3v) is 2.69. The number of carbonyl (C=O) groups is 1. The number of likely N-dealkylation sites (N-methyl/N-ethyl adjacent to an activating group) is 1. The Labute approximate surface area is 101 Å². The van der Waals surface area contributed by atoms with Crippen molar-refractivity contribution in [3.8, 4) is 0 Å². The third-order valence-electron chi connectivity index (χ3n) is 2.69. The van der Waals surface area contributed by atoms with E-state index in [-0.39, 0.29) is 24.3 Å². The van der Waals surface area contributed by atoms with E-state index >= 15 is 0 Å². The average molecular weight is 239 g/mol. The van der Waals surface area contributed by atoms with Crippen LogP contribution in [0.1, 0.15) is 25.5 Å². The molecule has 4 nitrogen and oxygen atoms in total. The second-order valence-corrected chi connectivity index (χ2v) is 3.95. The molecule has 1 aromatic heterocycles. The predicted molar refractivity (Wildman–Crippen MR) is 63.9 cm³/mol. The molecule has 94 valence electrons. The smallest absolute Gasteiger partial charge is 0.236 e. The Morgan fingerprint density at radius 3 is 2.88 bits per heavy atom. The Balaban J connectivity index is 2.50. The van der Waals surface area contributed by atoms with Crippen LogP contribution in [0.15, 0.2) is 18.5 Å². The molecule has 0 saturated carbocycles. The Bertz CT molecular complexity index is 384. The lowest BCUT2D eigenvalue weighted by molar-refractivity contribution is -0.128. The van der Waals surface area contributed by atoms with Crippen LogP contribution in [0.5, 0.6) is 0 Å². The summed E-state index contributed by atoms with van der Waals surface area (Å²) in [6.07, 6.45) is 2.75. The first kappa shape index (κ1) is 13.6. The number of nitrogens with zero attached hydrogens (tertiary/aromatic N) is 2. The molecule has 1 atom stereocenters. The molecular weight excluding hydrogens is 221 g/mol. The molecule has 0 aliphatic rings. The lowest BCUT2D eigenvalue weighted by Gasteiger charge is -2.18. The molecular formula is C12H18FN3O. The first-order valence-corrected chi connectivity index (χ1v) is 5.62. The summed E-state index contributed by atoms with van der Waals surface area (Å²) in [5, 5.41) is 3.04. The van der Waals surface area contributed by atoms with E-state index in [0.29, 0.717) is 6.54 Å². The van der Waals surface area contributed by atoms with Gasteiger partial charge >= 0.3 is 0 Å². The molecule has 1 unspecified atom stereocenters. The van der Waals surface area contributed by atoms with Gasteiger partial charge in [-0.1, -0.05) is 0 Å². The fraction of sp³-hybridized carbons (Fsp3) is 0.500. The lowest BCUT2D eigenvalue weighted by atomic mass is 10.1. The summed E-state index contributed by atoms with van der Waals surface area (Å²) >= 11 is 0. The quantitative estimate of drug-likeness (QED) is 0.843. The first-order valence-electron chi connectivity index (χ1n) is 5.62. The fourth-order valence-corrected chi connectivity index (χ4v) is 1.33. The zero-order chi connectivity index (χ0) is 12.8. The average Bonchev–Trinajstić information content (AvgIpc) is 2.34. The number of hydrogen-bond donors (Lipinski definition) is 1. The van der Waals surface area contributed by atoms with E-state index in [1.165, 1.54) is 6.07 Å². The van der Waals surface area contributed by atoms with Gasteiger partial charge in [-0.3, -0.25) is 9.78 Å². The molecule has 0 bridgehead atoms. The topological polar surface area (TPSA) is 45.2 Å². The zero-order valence-electron chi connectivity index (χ0n) is 10.4. The Kier molecular flexibility index (Phi) is 5.03. The highest BCUT2D eigenvalue weighted by atomic mass is 19.1. The van der Waals surface area contributed by atoms with Crippen LogP contribution in [0, 0.1) is 5.82 Å². The van der Waals surface area contributed by atoms with Gasteiger partial charge in [-0.15, -0.1) is 0 Å². The van der Waals surface area contributed by atoms with E-state index < -0.39 is 0 Å². The lowest BCUT2D eigenvalue weighted by Crippen LogP contribution is -2.36. The van der Waals surface area contributed by atoms with E-state index in [2.05, 4.69) is 10.3 Å². The van der Waals surface area contributed by atoms with Crippen molar-refractivity contribution in [2.45, 2.75) is 19.9 Å². The summed E-state index contributed by atoms with van der Waals surface area (Å²) in [5.41, 5.74) is 0.733. The summed E-state index contributed by atoms with van der Waals surface area (Å²) in [4.78, 5) is 17.0. The third kappa shape index (κ3) is 4.11. The number of amides is 1. The van der Waals surface area contributed by atoms with Gasteiger partial charge in [0.1, 0.15) is 5.82 Å². The van der Waals surface area contributed by atoms with Gasteiger partial charge in [0.05, 0.1) is 12.7 Å². The van der Waals surface area contributed by atoms with Crippen molar-refractivity contribution in [3.63, 3.8) is 0 Å². The second kappa shape index (κ2) is 6.30. The fourth-order valence-electron chi connectivity index (χ4n) is 1.33. The molecule has 0 saturated heterocycles. The molecule has 0 aromatic carbocycles. The van der Waals surface area contributed by atoms with Gasteiger partial charge in [-0.2, -0.15) is 0 Å². The van der Waals surface area contributed by atoms with E-state index in [4.69, 9.17) is 0 Å². The molecule has 1 amide bonds. The molecule has 17 heavy (non-hydrogen) atoms. The summed E-state index contributed by atoms with van der Waals surface area (Å²) in [6.45, 7) is 4.70. The maximum atomic E-state index is 12.9. The number of aromatic nitrogens is 1. The maximum absolute atomic E-state index is 12.9. The SMILES string of the molecule is CCN(C)C(=O)CNC(C)c1cncc(F)c1. The highest BCUT2D eigenvalue weighted by Crippen LogP contribution is 2.11. The number of rotatable bonds is 5. The first-order chi connectivity index (χ1) is 8.04. The normalized spacial score (nSPS) is 12.2. The van der Waals surface area contributed by atoms with Crippen molar-refractivity contribution >= 4 is 5.91 Å². The van der Waals surface area contributed by atoms with Gasteiger partial charge in [-0.05, 0) is 25.5 Å². The molecule has 0 aliphatic heterocycles. The van der Waals surface area contributed by atoms with Crippen LogP contribution in [-0.2, 0) is 4.79 Å². The molecule has 0 fully saturated rings. The molecule has 1 aromatic rings. The second-order valence-electron chi connectivity index (χ2n) is 3.95. The number of pyridine rings is 1. The molecule has 0 aliphatic carbocycles. The van der Waals surface area contributed by atoms with E-state index in [0.717, 1.165) is 11.8 Å². The van der Waals surface area contributed by atoms with E-state index in [1.807, 2.05) is 13.8 Å².